The highest BCUT2D eigenvalue weighted by Crippen LogP contribution is 2.04. The summed E-state index contributed by atoms with van der Waals surface area (Å²) in [6.45, 7) is 6.08. The summed E-state index contributed by atoms with van der Waals surface area (Å²) in [5.41, 5.74) is 0. The lowest BCUT2D eigenvalue weighted by Gasteiger charge is -2.30. The van der Waals surface area contributed by atoms with Crippen molar-refractivity contribution in [2.75, 3.05) is 33.4 Å². The second-order valence-corrected chi connectivity index (χ2v) is 4.40. The maximum atomic E-state index is 11.5. The largest absolute Gasteiger partial charge is 0.437 e. The monoisotopic (exact) mass is 257 g/mol. The maximum absolute atomic E-state index is 11.5. The molecule has 0 amide bonds. The van der Waals surface area contributed by atoms with E-state index < -0.39 is 5.76 Å². The van der Waals surface area contributed by atoms with E-state index >= 15 is 0 Å². The van der Waals surface area contributed by atoms with E-state index in [0.717, 1.165) is 26.2 Å². The zero-order valence-electron chi connectivity index (χ0n) is 10.8. The van der Waals surface area contributed by atoms with E-state index in [0.29, 0.717) is 12.4 Å². The van der Waals surface area contributed by atoms with Crippen LogP contribution in [0.2, 0.25) is 0 Å². The van der Waals surface area contributed by atoms with Crippen LogP contribution < -0.4 is 5.76 Å². The second kappa shape index (κ2) is 6.12. The van der Waals surface area contributed by atoms with Gasteiger partial charge in [0.15, 0.2) is 0 Å². The van der Waals surface area contributed by atoms with Crippen LogP contribution in [0.4, 0.5) is 0 Å². The van der Waals surface area contributed by atoms with Gasteiger partial charge < -0.3 is 13.9 Å². The Balaban J connectivity index is 1.87. The molecule has 7 heteroatoms. The molecule has 1 aromatic rings. The second-order valence-electron chi connectivity index (χ2n) is 4.40. The van der Waals surface area contributed by atoms with Gasteiger partial charge in [-0.3, -0.25) is 4.90 Å². The first-order valence-electron chi connectivity index (χ1n) is 6.08. The van der Waals surface area contributed by atoms with Crippen LogP contribution in [0.25, 0.3) is 0 Å². The zero-order valence-corrected chi connectivity index (χ0v) is 10.8. The lowest BCUT2D eigenvalue weighted by Crippen LogP contribution is -2.43. The first-order valence-corrected chi connectivity index (χ1v) is 6.08. The van der Waals surface area contributed by atoms with Crippen molar-refractivity contribution in [3.05, 3.63) is 16.4 Å². The first-order chi connectivity index (χ1) is 8.69. The summed E-state index contributed by atoms with van der Waals surface area (Å²) in [5, 5.41) is 4.06. The van der Waals surface area contributed by atoms with Crippen LogP contribution in [0.1, 0.15) is 12.8 Å². The number of rotatable bonds is 5. The Morgan fingerprint density at radius 3 is 3.06 bits per heavy atom. The summed E-state index contributed by atoms with van der Waals surface area (Å²) in [6.07, 6.45) is 0.247. The van der Waals surface area contributed by atoms with E-state index in [9.17, 15) is 4.79 Å². The number of ether oxygens (including phenoxy) is 2. The fourth-order valence-corrected chi connectivity index (χ4v) is 2.00. The highest BCUT2D eigenvalue weighted by atomic mass is 16.5. The van der Waals surface area contributed by atoms with Gasteiger partial charge in [-0.05, 0) is 6.92 Å². The number of hydrogen-bond acceptors (Lipinski definition) is 6. The van der Waals surface area contributed by atoms with Crippen LogP contribution in [0.5, 0.6) is 0 Å². The number of nitrogens with zero attached hydrogens (tertiary/aromatic N) is 3. The minimum atomic E-state index is -0.427. The molecule has 2 heterocycles. The summed E-state index contributed by atoms with van der Waals surface area (Å²) in [6, 6.07) is 0. The summed E-state index contributed by atoms with van der Waals surface area (Å²) in [5.74, 6) is -0.110. The van der Waals surface area contributed by atoms with Gasteiger partial charge in [-0.25, -0.2) is 4.79 Å². The smallest absolute Gasteiger partial charge is 0.390 e. The number of hydrogen-bond donors (Lipinski definition) is 0. The Kier molecular flexibility index (Phi) is 4.51. The van der Waals surface area contributed by atoms with Gasteiger partial charge in [-0.1, -0.05) is 0 Å². The first kappa shape index (κ1) is 13.3. The molecule has 7 nitrogen and oxygen atoms in total. The van der Waals surface area contributed by atoms with E-state index in [-0.39, 0.29) is 12.7 Å². The van der Waals surface area contributed by atoms with Crippen molar-refractivity contribution < 1.29 is 13.9 Å². The predicted octanol–water partition coefficient (Wildman–Crippen LogP) is -0.297. The van der Waals surface area contributed by atoms with Gasteiger partial charge in [-0.2, -0.15) is 4.68 Å². The molecule has 0 N–H and O–H groups in total. The Bertz CT molecular complexity index is 428. The topological polar surface area (TPSA) is 69.7 Å². The molecule has 1 atom stereocenters. The van der Waals surface area contributed by atoms with Gasteiger partial charge in [0, 0.05) is 26.7 Å². The Hall–Kier alpha value is -1.18. The third kappa shape index (κ3) is 3.41. The molecule has 0 bridgehead atoms. The lowest BCUT2D eigenvalue weighted by atomic mass is 10.3. The standard InChI is InChI=1S/C11H19N3O4/c1-9-7-13(5-6-17-9)3-4-14-11(15)18-10(12-14)8-16-2/h9H,3-8H2,1-2H3. The average Bonchev–Trinajstić information content (AvgIpc) is 2.68. The third-order valence-corrected chi connectivity index (χ3v) is 2.87. The molecule has 18 heavy (non-hydrogen) atoms. The molecule has 1 saturated heterocycles. The summed E-state index contributed by atoms with van der Waals surface area (Å²) in [4.78, 5) is 13.7. The van der Waals surface area contributed by atoms with Gasteiger partial charge in [0.05, 0.1) is 19.3 Å². The van der Waals surface area contributed by atoms with Gasteiger partial charge in [0.1, 0.15) is 6.61 Å². The number of methoxy groups -OCH3 is 1. The molecule has 1 aromatic heterocycles. The van der Waals surface area contributed by atoms with Crippen molar-refractivity contribution >= 4 is 0 Å². The van der Waals surface area contributed by atoms with Crippen molar-refractivity contribution in [1.82, 2.24) is 14.7 Å². The molecule has 0 aromatic carbocycles. The minimum absolute atomic E-state index is 0.219. The van der Waals surface area contributed by atoms with Crippen LogP contribution >= 0.6 is 0 Å². The fraction of sp³-hybridized carbons (Fsp3) is 0.818. The molecule has 0 spiro atoms. The Morgan fingerprint density at radius 1 is 1.50 bits per heavy atom. The minimum Gasteiger partial charge on any atom is -0.390 e. The molecular weight excluding hydrogens is 238 g/mol. The molecule has 1 aliphatic heterocycles. The molecule has 1 aliphatic rings. The molecule has 0 radical (unpaired) electrons. The maximum Gasteiger partial charge on any atom is 0.437 e. The van der Waals surface area contributed by atoms with Gasteiger partial charge in [0.2, 0.25) is 5.89 Å². The molecule has 1 fully saturated rings. The molecular formula is C11H19N3O4. The van der Waals surface area contributed by atoms with E-state index in [4.69, 9.17) is 13.9 Å². The molecule has 1 unspecified atom stereocenters. The third-order valence-electron chi connectivity index (χ3n) is 2.87. The van der Waals surface area contributed by atoms with Crippen molar-refractivity contribution in [3.8, 4) is 0 Å². The van der Waals surface area contributed by atoms with Crippen LogP contribution in [-0.2, 0) is 22.6 Å². The van der Waals surface area contributed by atoms with Crippen molar-refractivity contribution in [3.63, 3.8) is 0 Å². The van der Waals surface area contributed by atoms with Crippen LogP contribution in [0.3, 0.4) is 0 Å². The SMILES string of the molecule is COCc1nn(CCN2CCOC(C)C2)c(=O)o1. The van der Waals surface area contributed by atoms with Crippen molar-refractivity contribution in [2.45, 2.75) is 26.2 Å². The summed E-state index contributed by atoms with van der Waals surface area (Å²) < 4.78 is 16.6. The van der Waals surface area contributed by atoms with Gasteiger partial charge >= 0.3 is 5.76 Å². The number of aromatic nitrogens is 2. The van der Waals surface area contributed by atoms with Crippen LogP contribution in [0, 0.1) is 0 Å². The summed E-state index contributed by atoms with van der Waals surface area (Å²) >= 11 is 0. The number of morpholine rings is 1. The van der Waals surface area contributed by atoms with E-state index in [2.05, 4.69) is 10.00 Å². The normalized spacial score (nSPS) is 21.3. The zero-order chi connectivity index (χ0) is 13.0. The highest BCUT2D eigenvalue weighted by molar-refractivity contribution is 4.72. The van der Waals surface area contributed by atoms with E-state index in [1.54, 1.807) is 0 Å². The average molecular weight is 257 g/mol. The predicted molar refractivity (Wildman–Crippen MR) is 63.3 cm³/mol. The van der Waals surface area contributed by atoms with Crippen molar-refractivity contribution in [2.24, 2.45) is 0 Å². The van der Waals surface area contributed by atoms with Crippen LogP contribution in [-0.4, -0.2) is 54.1 Å². The Morgan fingerprint density at radius 2 is 2.33 bits per heavy atom. The van der Waals surface area contributed by atoms with Crippen molar-refractivity contribution in [1.29, 1.82) is 0 Å². The van der Waals surface area contributed by atoms with E-state index in [1.807, 2.05) is 6.92 Å². The molecule has 0 aliphatic carbocycles. The summed E-state index contributed by atoms with van der Waals surface area (Å²) in [7, 11) is 1.54. The quantitative estimate of drug-likeness (QED) is 0.721. The molecule has 102 valence electrons. The van der Waals surface area contributed by atoms with Gasteiger partial charge in [-0.15, -0.1) is 5.10 Å². The fourth-order valence-electron chi connectivity index (χ4n) is 2.00. The lowest BCUT2D eigenvalue weighted by molar-refractivity contribution is -0.0195. The molecule has 0 saturated carbocycles. The van der Waals surface area contributed by atoms with E-state index in [1.165, 1.54) is 11.8 Å². The van der Waals surface area contributed by atoms with Gasteiger partial charge in [0.25, 0.3) is 0 Å². The highest BCUT2D eigenvalue weighted by Gasteiger charge is 2.17. The Labute approximate surface area is 105 Å². The van der Waals surface area contributed by atoms with Crippen LogP contribution in [0.15, 0.2) is 9.21 Å². The molecule has 2 rings (SSSR count).